The molecule has 2 N–H and O–H groups in total. The fourth-order valence-corrected chi connectivity index (χ4v) is 2.60. The number of benzene rings is 1. The monoisotopic (exact) mass is 309 g/mol. The molecule has 1 atom stereocenters. The Hall–Kier alpha value is 0.0500. The van der Waals surface area contributed by atoms with Crippen molar-refractivity contribution in [2.24, 2.45) is 0 Å². The number of rotatable bonds is 7. The second kappa shape index (κ2) is 9.15. The molecule has 1 aromatic carbocycles. The van der Waals surface area contributed by atoms with Crippen molar-refractivity contribution in [1.29, 1.82) is 0 Å². The Morgan fingerprint density at radius 3 is 2.30 bits per heavy atom. The first-order chi connectivity index (χ1) is 8.76. The molecule has 0 bridgehead atoms. The van der Waals surface area contributed by atoms with E-state index in [4.69, 9.17) is 0 Å². The minimum atomic E-state index is -4.36. The van der Waals surface area contributed by atoms with Crippen molar-refractivity contribution in [3.63, 3.8) is 0 Å². The second-order valence-electron chi connectivity index (χ2n) is 4.83. The van der Waals surface area contributed by atoms with Gasteiger partial charge in [-0.15, -0.1) is 0 Å². The van der Waals surface area contributed by atoms with Gasteiger partial charge < -0.3 is 15.0 Å². The molecule has 0 aliphatic heterocycles. The summed E-state index contributed by atoms with van der Waals surface area (Å²) >= 11 is 0. The predicted octanol–water partition coefficient (Wildman–Crippen LogP) is -2.65. The van der Waals surface area contributed by atoms with Gasteiger partial charge in [-0.1, -0.05) is 29.3 Å². The van der Waals surface area contributed by atoms with Crippen molar-refractivity contribution in [1.82, 2.24) is 5.32 Å². The molecule has 0 amide bonds. The molecule has 1 aromatic rings. The Bertz CT molecular complexity index is 499. The molecule has 1 unspecified atom stereocenters. The molecule has 0 aliphatic rings. The second-order valence-corrected chi connectivity index (χ2v) is 6.28. The molecule has 0 saturated carbocycles. The first-order valence-electron chi connectivity index (χ1n) is 6.16. The number of nitrogens with one attached hydrogen (secondary N) is 1. The van der Waals surface area contributed by atoms with E-state index in [0.29, 0.717) is 6.54 Å². The van der Waals surface area contributed by atoms with E-state index in [-0.39, 0.29) is 36.1 Å². The SMILES string of the molecule is Cc1cc(C)cc(CCNCC(O)CS(=O)(=O)[O-])c1.[Na+]. The van der Waals surface area contributed by atoms with Crippen LogP contribution in [-0.4, -0.2) is 43.0 Å². The van der Waals surface area contributed by atoms with Crippen molar-refractivity contribution in [3.05, 3.63) is 34.9 Å². The van der Waals surface area contributed by atoms with Gasteiger partial charge in [-0.25, -0.2) is 8.42 Å². The molecule has 0 aromatic heterocycles. The summed E-state index contributed by atoms with van der Waals surface area (Å²) in [5, 5.41) is 12.3. The van der Waals surface area contributed by atoms with Gasteiger partial charge in [0.25, 0.3) is 0 Å². The molecule has 0 heterocycles. The van der Waals surface area contributed by atoms with Gasteiger partial charge in [0, 0.05) is 6.54 Å². The molecule has 0 fully saturated rings. The average molecular weight is 309 g/mol. The fraction of sp³-hybridized carbons (Fsp3) is 0.538. The van der Waals surface area contributed by atoms with E-state index >= 15 is 0 Å². The van der Waals surface area contributed by atoms with Crippen LogP contribution in [0.15, 0.2) is 18.2 Å². The van der Waals surface area contributed by atoms with Crippen molar-refractivity contribution in [2.45, 2.75) is 26.4 Å². The van der Waals surface area contributed by atoms with E-state index in [9.17, 15) is 18.1 Å². The third-order valence-corrected chi connectivity index (χ3v) is 3.44. The maximum atomic E-state index is 10.4. The maximum Gasteiger partial charge on any atom is 1.00 e. The van der Waals surface area contributed by atoms with E-state index in [2.05, 4.69) is 23.5 Å². The van der Waals surface area contributed by atoms with Crippen LogP contribution >= 0.6 is 0 Å². The smallest absolute Gasteiger partial charge is 0.748 e. The Morgan fingerprint density at radius 1 is 1.25 bits per heavy atom. The minimum absolute atomic E-state index is 0. The topological polar surface area (TPSA) is 89.5 Å². The van der Waals surface area contributed by atoms with E-state index in [1.807, 2.05) is 13.8 Å². The third kappa shape index (κ3) is 9.07. The maximum absolute atomic E-state index is 10.4. The molecule has 0 saturated heterocycles. The Kier molecular flexibility index (Phi) is 9.17. The normalized spacial score (nSPS) is 12.8. The summed E-state index contributed by atoms with van der Waals surface area (Å²) < 4.78 is 31.3. The van der Waals surface area contributed by atoms with Gasteiger partial charge in [-0.2, -0.15) is 0 Å². The van der Waals surface area contributed by atoms with Crippen LogP contribution in [0.2, 0.25) is 0 Å². The van der Waals surface area contributed by atoms with Crippen LogP contribution < -0.4 is 34.9 Å². The molecule has 0 radical (unpaired) electrons. The fourth-order valence-electron chi connectivity index (χ4n) is 2.01. The zero-order valence-electron chi connectivity index (χ0n) is 12.2. The van der Waals surface area contributed by atoms with Crippen LogP contribution in [0.1, 0.15) is 16.7 Å². The molecule has 0 aliphatic carbocycles. The van der Waals surface area contributed by atoms with Crippen LogP contribution in [0, 0.1) is 13.8 Å². The summed E-state index contributed by atoms with van der Waals surface area (Å²) in [6.07, 6.45) is -0.360. The van der Waals surface area contributed by atoms with Gasteiger partial charge in [-0.3, -0.25) is 0 Å². The summed E-state index contributed by atoms with van der Waals surface area (Å²) in [4.78, 5) is 0. The van der Waals surface area contributed by atoms with Gasteiger partial charge in [0.2, 0.25) is 0 Å². The number of aliphatic hydroxyl groups is 1. The molecule has 20 heavy (non-hydrogen) atoms. The Labute approximate surface area is 142 Å². The summed E-state index contributed by atoms with van der Waals surface area (Å²) in [6.45, 7) is 4.80. The van der Waals surface area contributed by atoms with E-state index in [1.54, 1.807) is 0 Å². The van der Waals surface area contributed by atoms with Crippen LogP contribution in [0.25, 0.3) is 0 Å². The summed E-state index contributed by atoms with van der Waals surface area (Å²) in [5.74, 6) is -0.746. The largest absolute Gasteiger partial charge is 1.00 e. The molecular formula is C13H20NNaO4S. The quantitative estimate of drug-likeness (QED) is 0.326. The minimum Gasteiger partial charge on any atom is -0.748 e. The summed E-state index contributed by atoms with van der Waals surface area (Å²) in [7, 11) is -4.36. The van der Waals surface area contributed by atoms with Crippen LogP contribution in [0.3, 0.4) is 0 Å². The third-order valence-electron chi connectivity index (χ3n) is 2.65. The van der Waals surface area contributed by atoms with Gasteiger partial charge in [0.05, 0.1) is 22.0 Å². The van der Waals surface area contributed by atoms with Crippen molar-refractivity contribution >= 4 is 10.1 Å². The van der Waals surface area contributed by atoms with E-state index in [1.165, 1.54) is 16.7 Å². The number of hydrogen-bond acceptors (Lipinski definition) is 5. The van der Waals surface area contributed by atoms with Crippen molar-refractivity contribution < 1.29 is 47.6 Å². The molecular weight excluding hydrogens is 289 g/mol. The zero-order valence-corrected chi connectivity index (χ0v) is 15.0. The Balaban J connectivity index is 0.00000361. The number of aliphatic hydroxyl groups excluding tert-OH is 1. The van der Waals surface area contributed by atoms with Gasteiger partial charge >= 0.3 is 29.6 Å². The number of hydrogen-bond donors (Lipinski definition) is 2. The molecule has 0 spiro atoms. The van der Waals surface area contributed by atoms with Crippen LogP contribution in [0.4, 0.5) is 0 Å². The predicted molar refractivity (Wildman–Crippen MR) is 73.1 cm³/mol. The first kappa shape index (κ1) is 20.1. The molecule has 7 heteroatoms. The molecule has 1 rings (SSSR count). The van der Waals surface area contributed by atoms with Crippen molar-refractivity contribution in [2.75, 3.05) is 18.8 Å². The van der Waals surface area contributed by atoms with Gasteiger partial charge in [0.15, 0.2) is 0 Å². The average Bonchev–Trinajstić information content (AvgIpc) is 2.20. The first-order valence-corrected chi connectivity index (χ1v) is 7.73. The zero-order chi connectivity index (χ0) is 14.5. The Morgan fingerprint density at radius 2 is 1.80 bits per heavy atom. The molecule has 5 nitrogen and oxygen atoms in total. The van der Waals surface area contributed by atoms with Crippen molar-refractivity contribution in [3.8, 4) is 0 Å². The van der Waals surface area contributed by atoms with Crippen LogP contribution in [0.5, 0.6) is 0 Å². The summed E-state index contributed by atoms with van der Waals surface area (Å²) in [5.41, 5.74) is 3.59. The summed E-state index contributed by atoms with van der Waals surface area (Å²) in [6, 6.07) is 6.28. The van der Waals surface area contributed by atoms with Gasteiger partial charge in [-0.05, 0) is 32.4 Å². The standard InChI is InChI=1S/C13H21NO4S.Na/c1-10-5-11(2)7-12(6-10)3-4-14-8-13(15)9-19(16,17)18;/h5-7,13-15H,3-4,8-9H2,1-2H3,(H,16,17,18);/q;+1/p-1. The van der Waals surface area contributed by atoms with Gasteiger partial charge in [0.1, 0.15) is 0 Å². The van der Waals surface area contributed by atoms with E-state index < -0.39 is 22.0 Å². The van der Waals surface area contributed by atoms with E-state index in [0.717, 1.165) is 6.42 Å². The molecule has 108 valence electrons. The number of aryl methyl sites for hydroxylation is 2. The van der Waals surface area contributed by atoms with Crippen LogP contribution in [-0.2, 0) is 16.5 Å².